The van der Waals surface area contributed by atoms with E-state index >= 15 is 0 Å². The number of hydrogen-bond acceptors (Lipinski definition) is 5. The molecule has 7 nitrogen and oxygen atoms in total. The van der Waals surface area contributed by atoms with Crippen LogP contribution >= 0.6 is 0 Å². The molecule has 0 atom stereocenters. The molecule has 0 aliphatic carbocycles. The molecule has 8 heteroatoms. The van der Waals surface area contributed by atoms with E-state index in [0.717, 1.165) is 16.9 Å². The number of rotatable bonds is 11. The van der Waals surface area contributed by atoms with Gasteiger partial charge in [0.15, 0.2) is 0 Å². The highest BCUT2D eigenvalue weighted by Crippen LogP contribution is 2.30. The molecule has 0 saturated heterocycles. The summed E-state index contributed by atoms with van der Waals surface area (Å²) in [5.74, 6) is 0.748. The number of carbonyl (C=O) groups excluding carboxylic acids is 1. The third-order valence-corrected chi connectivity index (χ3v) is 6.84. The Bertz CT molecular complexity index is 1000. The lowest BCUT2D eigenvalue weighted by Crippen LogP contribution is -2.31. The van der Waals surface area contributed by atoms with Gasteiger partial charge in [-0.2, -0.15) is 4.31 Å². The third kappa shape index (κ3) is 6.45. The van der Waals surface area contributed by atoms with E-state index in [9.17, 15) is 13.2 Å². The lowest BCUT2D eigenvalue weighted by molar-refractivity contribution is -0.116. The number of nitrogens with zero attached hydrogens (tertiary/aromatic N) is 1. The minimum atomic E-state index is -3.74. The Kier molecular flexibility index (Phi) is 8.88. The maximum atomic E-state index is 13.0. The first-order valence-electron chi connectivity index (χ1n) is 10.5. The SMILES string of the molecule is CCOc1ccc(NC(=O)CCOc2ccc(C)cc2C)cc1S(=O)(=O)N(CC)CC. The van der Waals surface area contributed by atoms with Crippen LogP contribution in [-0.4, -0.2) is 44.9 Å². The van der Waals surface area contributed by atoms with E-state index in [0.29, 0.717) is 25.4 Å². The van der Waals surface area contributed by atoms with Gasteiger partial charge < -0.3 is 14.8 Å². The molecule has 2 aromatic rings. The Hall–Kier alpha value is -2.58. The zero-order valence-corrected chi connectivity index (χ0v) is 19.7. The molecule has 1 N–H and O–H groups in total. The number of benzene rings is 2. The van der Waals surface area contributed by atoms with Crippen LogP contribution in [-0.2, 0) is 14.8 Å². The van der Waals surface area contributed by atoms with Crippen LogP contribution < -0.4 is 14.8 Å². The molecule has 31 heavy (non-hydrogen) atoms. The smallest absolute Gasteiger partial charge is 0.246 e. The maximum absolute atomic E-state index is 13.0. The summed E-state index contributed by atoms with van der Waals surface area (Å²) in [6.07, 6.45) is 0.138. The quantitative estimate of drug-likeness (QED) is 0.558. The van der Waals surface area contributed by atoms with E-state index in [-0.39, 0.29) is 29.6 Å². The van der Waals surface area contributed by atoms with Crippen LogP contribution in [0.5, 0.6) is 11.5 Å². The standard InChI is InChI=1S/C23H32N2O5S/c1-6-25(7-2)31(27,28)22-16-19(10-12-21(22)29-8-3)24-23(26)13-14-30-20-11-9-17(4)15-18(20)5/h9-12,15-16H,6-8,13-14H2,1-5H3,(H,24,26). The normalized spacial score (nSPS) is 11.4. The fourth-order valence-corrected chi connectivity index (χ4v) is 4.82. The van der Waals surface area contributed by atoms with Gasteiger partial charge in [0.1, 0.15) is 16.4 Å². The minimum absolute atomic E-state index is 0.0439. The van der Waals surface area contributed by atoms with Crippen LogP contribution in [0.4, 0.5) is 5.69 Å². The summed E-state index contributed by atoms with van der Waals surface area (Å²) in [5, 5.41) is 2.75. The van der Waals surface area contributed by atoms with Crippen molar-refractivity contribution in [1.29, 1.82) is 0 Å². The highest BCUT2D eigenvalue weighted by molar-refractivity contribution is 7.89. The van der Waals surface area contributed by atoms with Gasteiger partial charge in [-0.25, -0.2) is 8.42 Å². The summed E-state index contributed by atoms with van der Waals surface area (Å²) >= 11 is 0. The Labute approximate surface area is 185 Å². The van der Waals surface area contributed by atoms with Crippen LogP contribution in [0.3, 0.4) is 0 Å². The van der Waals surface area contributed by atoms with E-state index < -0.39 is 10.0 Å². The van der Waals surface area contributed by atoms with Gasteiger partial charge in [0, 0.05) is 18.8 Å². The summed E-state index contributed by atoms with van der Waals surface area (Å²) in [5.41, 5.74) is 2.55. The second-order valence-electron chi connectivity index (χ2n) is 7.10. The van der Waals surface area contributed by atoms with Crippen LogP contribution in [0.2, 0.25) is 0 Å². The second-order valence-corrected chi connectivity index (χ2v) is 9.01. The van der Waals surface area contributed by atoms with Crippen molar-refractivity contribution in [1.82, 2.24) is 4.31 Å². The average molecular weight is 449 g/mol. The monoisotopic (exact) mass is 448 g/mol. The lowest BCUT2D eigenvalue weighted by Gasteiger charge is -2.21. The van der Waals surface area contributed by atoms with Gasteiger partial charge in [0.05, 0.1) is 19.6 Å². The predicted molar refractivity (Wildman–Crippen MR) is 122 cm³/mol. The lowest BCUT2D eigenvalue weighted by atomic mass is 10.1. The Morgan fingerprint density at radius 2 is 1.65 bits per heavy atom. The number of carbonyl (C=O) groups is 1. The van der Waals surface area contributed by atoms with Crippen molar-refractivity contribution in [2.75, 3.05) is 31.6 Å². The summed E-state index contributed by atoms with van der Waals surface area (Å²) in [6, 6.07) is 10.5. The van der Waals surface area contributed by atoms with E-state index in [2.05, 4.69) is 5.32 Å². The summed E-state index contributed by atoms with van der Waals surface area (Å²) in [4.78, 5) is 12.4. The molecule has 0 fully saturated rings. The fraction of sp³-hybridized carbons (Fsp3) is 0.435. The Morgan fingerprint density at radius 1 is 0.968 bits per heavy atom. The largest absolute Gasteiger partial charge is 0.493 e. The number of nitrogens with one attached hydrogen (secondary N) is 1. The molecule has 2 rings (SSSR count). The molecule has 0 aromatic heterocycles. The van der Waals surface area contributed by atoms with Crippen molar-refractivity contribution in [2.45, 2.75) is 45.9 Å². The number of anilines is 1. The predicted octanol–water partition coefficient (Wildman–Crippen LogP) is 4.14. The van der Waals surface area contributed by atoms with Crippen molar-refractivity contribution >= 4 is 21.6 Å². The molecule has 2 aromatic carbocycles. The van der Waals surface area contributed by atoms with E-state index in [1.807, 2.05) is 32.0 Å². The molecule has 0 heterocycles. The number of aryl methyl sites for hydroxylation is 2. The molecule has 0 aliphatic rings. The maximum Gasteiger partial charge on any atom is 0.246 e. The first-order chi connectivity index (χ1) is 14.7. The van der Waals surface area contributed by atoms with Crippen LogP contribution in [0.15, 0.2) is 41.3 Å². The van der Waals surface area contributed by atoms with Crippen LogP contribution in [0, 0.1) is 13.8 Å². The molecular formula is C23H32N2O5S. The summed E-state index contributed by atoms with van der Waals surface area (Å²) in [7, 11) is -3.74. The van der Waals surface area contributed by atoms with E-state index in [1.165, 1.54) is 10.4 Å². The molecule has 0 aliphatic heterocycles. The number of sulfonamides is 1. The van der Waals surface area contributed by atoms with E-state index in [1.54, 1.807) is 32.9 Å². The zero-order chi connectivity index (χ0) is 23.0. The molecule has 0 spiro atoms. The first kappa shape index (κ1) is 24.7. The van der Waals surface area contributed by atoms with Gasteiger partial charge in [-0.1, -0.05) is 31.5 Å². The van der Waals surface area contributed by atoms with Gasteiger partial charge in [0.2, 0.25) is 15.9 Å². The Morgan fingerprint density at radius 3 is 2.26 bits per heavy atom. The van der Waals surface area contributed by atoms with Crippen molar-refractivity contribution in [2.24, 2.45) is 0 Å². The van der Waals surface area contributed by atoms with Gasteiger partial charge in [-0.15, -0.1) is 0 Å². The molecule has 0 bridgehead atoms. The highest BCUT2D eigenvalue weighted by Gasteiger charge is 2.26. The first-order valence-corrected chi connectivity index (χ1v) is 11.9. The molecule has 0 radical (unpaired) electrons. The van der Waals surface area contributed by atoms with Gasteiger partial charge in [-0.3, -0.25) is 4.79 Å². The van der Waals surface area contributed by atoms with Gasteiger partial charge in [-0.05, 0) is 50.6 Å². The molecular weight excluding hydrogens is 416 g/mol. The molecule has 0 unspecified atom stereocenters. The minimum Gasteiger partial charge on any atom is -0.493 e. The second kappa shape index (κ2) is 11.2. The number of amides is 1. The zero-order valence-electron chi connectivity index (χ0n) is 18.9. The van der Waals surface area contributed by atoms with Crippen LogP contribution in [0.25, 0.3) is 0 Å². The fourth-order valence-electron chi connectivity index (χ4n) is 3.20. The highest BCUT2D eigenvalue weighted by atomic mass is 32.2. The van der Waals surface area contributed by atoms with Crippen LogP contribution in [0.1, 0.15) is 38.3 Å². The van der Waals surface area contributed by atoms with Crippen molar-refractivity contribution in [3.05, 3.63) is 47.5 Å². The summed E-state index contributed by atoms with van der Waals surface area (Å²) < 4.78 is 38.6. The molecule has 170 valence electrons. The van der Waals surface area contributed by atoms with Crippen molar-refractivity contribution < 1.29 is 22.7 Å². The van der Waals surface area contributed by atoms with Crippen molar-refractivity contribution in [3.8, 4) is 11.5 Å². The van der Waals surface area contributed by atoms with E-state index in [4.69, 9.17) is 9.47 Å². The number of ether oxygens (including phenoxy) is 2. The Balaban J connectivity index is 2.11. The van der Waals surface area contributed by atoms with Gasteiger partial charge >= 0.3 is 0 Å². The van der Waals surface area contributed by atoms with Crippen molar-refractivity contribution in [3.63, 3.8) is 0 Å². The average Bonchev–Trinajstić information content (AvgIpc) is 2.71. The molecule has 1 amide bonds. The third-order valence-electron chi connectivity index (χ3n) is 4.77. The molecule has 0 saturated carbocycles. The summed E-state index contributed by atoms with van der Waals surface area (Å²) in [6.45, 7) is 10.6. The number of hydrogen-bond donors (Lipinski definition) is 1. The van der Waals surface area contributed by atoms with Gasteiger partial charge in [0.25, 0.3) is 0 Å². The topological polar surface area (TPSA) is 84.9 Å².